The van der Waals surface area contributed by atoms with Gasteiger partial charge in [-0.05, 0) is 19.1 Å². The van der Waals surface area contributed by atoms with E-state index in [4.69, 9.17) is 4.74 Å². The third-order valence-corrected chi connectivity index (χ3v) is 2.57. The van der Waals surface area contributed by atoms with Crippen LogP contribution in [-0.2, 0) is 9.53 Å². The summed E-state index contributed by atoms with van der Waals surface area (Å²) in [6, 6.07) is 2.74. The SMILES string of the molecule is C[C@@H](OC(=O)c1ccc[nH]1)C(=O)N1CCNC1=O. The Hall–Kier alpha value is -2.31. The normalized spacial score (nSPS) is 16.3. The number of urea groups is 1. The molecule has 1 saturated heterocycles. The van der Waals surface area contributed by atoms with Gasteiger partial charge in [-0.25, -0.2) is 9.59 Å². The standard InChI is InChI=1S/C11H13N3O4/c1-7(9(15)14-6-5-13-11(14)17)18-10(16)8-3-2-4-12-8/h2-4,7,12H,5-6H2,1H3,(H,13,17)/t7-/m1/s1. The summed E-state index contributed by atoms with van der Waals surface area (Å²) in [5.41, 5.74) is 0.264. The molecule has 3 amide bonds. The highest BCUT2D eigenvalue weighted by molar-refractivity contribution is 5.99. The number of carbonyl (C=O) groups is 3. The highest BCUT2D eigenvalue weighted by Gasteiger charge is 2.31. The first-order valence-corrected chi connectivity index (χ1v) is 5.53. The van der Waals surface area contributed by atoms with Crippen LogP contribution in [0.3, 0.4) is 0 Å². The second-order valence-electron chi connectivity index (χ2n) is 3.85. The molecule has 2 rings (SSSR count). The minimum absolute atomic E-state index is 0.264. The lowest BCUT2D eigenvalue weighted by Gasteiger charge is -2.17. The Balaban J connectivity index is 1.95. The summed E-state index contributed by atoms with van der Waals surface area (Å²) in [7, 11) is 0. The number of imide groups is 1. The Morgan fingerprint density at radius 2 is 2.28 bits per heavy atom. The molecule has 18 heavy (non-hydrogen) atoms. The van der Waals surface area contributed by atoms with E-state index in [1.807, 2.05) is 0 Å². The molecule has 2 heterocycles. The second kappa shape index (κ2) is 4.91. The van der Waals surface area contributed by atoms with E-state index < -0.39 is 24.0 Å². The van der Waals surface area contributed by atoms with Crippen LogP contribution in [-0.4, -0.2) is 47.0 Å². The minimum atomic E-state index is -0.996. The number of aromatic amines is 1. The van der Waals surface area contributed by atoms with Crippen LogP contribution in [0.15, 0.2) is 18.3 Å². The molecule has 1 aromatic rings. The fourth-order valence-corrected chi connectivity index (χ4v) is 1.63. The van der Waals surface area contributed by atoms with Crippen LogP contribution in [0.25, 0.3) is 0 Å². The number of carbonyl (C=O) groups excluding carboxylic acids is 3. The molecule has 2 N–H and O–H groups in total. The summed E-state index contributed by atoms with van der Waals surface area (Å²) < 4.78 is 4.98. The predicted octanol–water partition coefficient (Wildman–Crippen LogP) is 0.112. The minimum Gasteiger partial charge on any atom is -0.448 e. The zero-order chi connectivity index (χ0) is 13.1. The number of nitrogens with zero attached hydrogens (tertiary/aromatic N) is 1. The molecule has 1 aliphatic heterocycles. The van der Waals surface area contributed by atoms with Gasteiger partial charge in [-0.1, -0.05) is 0 Å². The van der Waals surface area contributed by atoms with Gasteiger partial charge >= 0.3 is 12.0 Å². The van der Waals surface area contributed by atoms with Crippen molar-refractivity contribution in [2.45, 2.75) is 13.0 Å². The van der Waals surface area contributed by atoms with Crippen LogP contribution >= 0.6 is 0 Å². The smallest absolute Gasteiger partial charge is 0.355 e. The Morgan fingerprint density at radius 1 is 1.50 bits per heavy atom. The number of hydrogen-bond donors (Lipinski definition) is 2. The van der Waals surface area contributed by atoms with Crippen LogP contribution in [0.2, 0.25) is 0 Å². The highest BCUT2D eigenvalue weighted by atomic mass is 16.5. The van der Waals surface area contributed by atoms with Crippen molar-refractivity contribution >= 4 is 17.9 Å². The maximum atomic E-state index is 11.8. The van der Waals surface area contributed by atoms with E-state index in [1.54, 1.807) is 18.3 Å². The van der Waals surface area contributed by atoms with Gasteiger partial charge in [0.2, 0.25) is 0 Å². The first-order chi connectivity index (χ1) is 8.59. The van der Waals surface area contributed by atoms with Crippen molar-refractivity contribution in [2.24, 2.45) is 0 Å². The summed E-state index contributed by atoms with van der Waals surface area (Å²) in [5, 5.41) is 2.51. The number of hydrogen-bond acceptors (Lipinski definition) is 4. The monoisotopic (exact) mass is 251 g/mol. The van der Waals surface area contributed by atoms with E-state index >= 15 is 0 Å². The van der Waals surface area contributed by atoms with Gasteiger partial charge in [0.05, 0.1) is 0 Å². The number of esters is 1. The van der Waals surface area contributed by atoms with Gasteiger partial charge in [-0.15, -0.1) is 0 Å². The van der Waals surface area contributed by atoms with Gasteiger partial charge in [0.25, 0.3) is 5.91 Å². The number of aromatic nitrogens is 1. The van der Waals surface area contributed by atoms with E-state index in [0.29, 0.717) is 13.1 Å². The van der Waals surface area contributed by atoms with E-state index in [-0.39, 0.29) is 5.69 Å². The predicted molar refractivity (Wildman–Crippen MR) is 60.8 cm³/mol. The lowest BCUT2D eigenvalue weighted by molar-refractivity contribution is -0.136. The number of ether oxygens (including phenoxy) is 1. The Kier molecular flexibility index (Phi) is 3.31. The molecule has 0 saturated carbocycles. The van der Waals surface area contributed by atoms with E-state index in [1.165, 1.54) is 6.92 Å². The Labute approximate surface area is 103 Å². The second-order valence-corrected chi connectivity index (χ2v) is 3.85. The van der Waals surface area contributed by atoms with Crippen LogP contribution in [0.1, 0.15) is 17.4 Å². The largest absolute Gasteiger partial charge is 0.448 e. The number of amides is 3. The first-order valence-electron chi connectivity index (χ1n) is 5.53. The third-order valence-electron chi connectivity index (χ3n) is 2.57. The van der Waals surface area contributed by atoms with Gasteiger partial charge in [-0.2, -0.15) is 0 Å². The molecule has 96 valence electrons. The van der Waals surface area contributed by atoms with E-state index in [2.05, 4.69) is 10.3 Å². The van der Waals surface area contributed by atoms with Crippen molar-refractivity contribution in [2.75, 3.05) is 13.1 Å². The highest BCUT2D eigenvalue weighted by Crippen LogP contribution is 2.06. The zero-order valence-corrected chi connectivity index (χ0v) is 9.80. The Morgan fingerprint density at radius 3 is 2.83 bits per heavy atom. The average Bonchev–Trinajstić information content (AvgIpc) is 2.98. The van der Waals surface area contributed by atoms with Crippen molar-refractivity contribution in [3.63, 3.8) is 0 Å². The molecule has 7 nitrogen and oxygen atoms in total. The van der Waals surface area contributed by atoms with Crippen molar-refractivity contribution in [1.82, 2.24) is 15.2 Å². The third kappa shape index (κ3) is 2.34. The molecule has 0 aliphatic carbocycles. The fourth-order valence-electron chi connectivity index (χ4n) is 1.63. The lowest BCUT2D eigenvalue weighted by atomic mass is 10.3. The van der Waals surface area contributed by atoms with E-state index in [9.17, 15) is 14.4 Å². The molecule has 1 atom stereocenters. The van der Waals surface area contributed by atoms with Gasteiger partial charge in [0.1, 0.15) is 5.69 Å². The van der Waals surface area contributed by atoms with Gasteiger partial charge in [0, 0.05) is 19.3 Å². The van der Waals surface area contributed by atoms with Crippen LogP contribution < -0.4 is 5.32 Å². The van der Waals surface area contributed by atoms with Gasteiger partial charge in [-0.3, -0.25) is 9.69 Å². The van der Waals surface area contributed by atoms with Gasteiger partial charge in [0.15, 0.2) is 6.10 Å². The summed E-state index contributed by atoms with van der Waals surface area (Å²) >= 11 is 0. The first kappa shape index (κ1) is 12.2. The molecule has 1 aromatic heterocycles. The maximum Gasteiger partial charge on any atom is 0.355 e. The molecule has 1 aliphatic rings. The van der Waals surface area contributed by atoms with E-state index in [0.717, 1.165) is 4.90 Å². The molecule has 0 spiro atoms. The quantitative estimate of drug-likeness (QED) is 0.746. The molecule has 1 fully saturated rings. The number of nitrogens with one attached hydrogen (secondary N) is 2. The molecular weight excluding hydrogens is 238 g/mol. The topological polar surface area (TPSA) is 91.5 Å². The average molecular weight is 251 g/mol. The fraction of sp³-hybridized carbons (Fsp3) is 0.364. The van der Waals surface area contributed by atoms with Gasteiger partial charge < -0.3 is 15.0 Å². The molecule has 0 aromatic carbocycles. The van der Waals surface area contributed by atoms with Crippen LogP contribution in [0, 0.1) is 0 Å². The van der Waals surface area contributed by atoms with Crippen molar-refractivity contribution in [1.29, 1.82) is 0 Å². The lowest BCUT2D eigenvalue weighted by Crippen LogP contribution is -2.41. The molecule has 0 unspecified atom stereocenters. The summed E-state index contributed by atoms with van der Waals surface area (Å²) in [5.74, 6) is -1.15. The molecule has 0 radical (unpaired) electrons. The van der Waals surface area contributed by atoms with Crippen molar-refractivity contribution in [3.8, 4) is 0 Å². The van der Waals surface area contributed by atoms with Crippen molar-refractivity contribution in [3.05, 3.63) is 24.0 Å². The molecule has 0 bridgehead atoms. The van der Waals surface area contributed by atoms with Crippen molar-refractivity contribution < 1.29 is 19.1 Å². The Bertz CT molecular complexity index is 469. The summed E-state index contributed by atoms with van der Waals surface area (Å²) in [6.45, 7) is 2.15. The summed E-state index contributed by atoms with van der Waals surface area (Å²) in [6.07, 6.45) is 0.585. The number of rotatable bonds is 3. The maximum absolute atomic E-state index is 11.8. The molecular formula is C11H13N3O4. The zero-order valence-electron chi connectivity index (χ0n) is 9.80. The summed E-state index contributed by atoms with van der Waals surface area (Å²) in [4.78, 5) is 38.4. The number of H-pyrrole nitrogens is 1. The van der Waals surface area contributed by atoms with Crippen LogP contribution in [0.4, 0.5) is 4.79 Å². The molecule has 7 heteroatoms. The van der Waals surface area contributed by atoms with Crippen LogP contribution in [0.5, 0.6) is 0 Å².